The lowest BCUT2D eigenvalue weighted by molar-refractivity contribution is 0.192. The molecular weight excluding hydrogens is 228 g/mol. The van der Waals surface area contributed by atoms with E-state index < -0.39 is 0 Å². The number of hydrogen-bond donors (Lipinski definition) is 1. The molecule has 2 aromatic rings. The van der Waals surface area contributed by atoms with Crippen LogP contribution in [-0.2, 0) is 0 Å². The van der Waals surface area contributed by atoms with Gasteiger partial charge in [-0.3, -0.25) is 0 Å². The Labute approximate surface area is 106 Å². The van der Waals surface area contributed by atoms with E-state index in [2.05, 4.69) is 21.9 Å². The zero-order chi connectivity index (χ0) is 12.5. The highest BCUT2D eigenvalue weighted by atomic mass is 16.5. The lowest BCUT2D eigenvalue weighted by atomic mass is 10.2. The minimum absolute atomic E-state index is 0.163. The fourth-order valence-corrected chi connectivity index (χ4v) is 2.27. The number of ether oxygens (including phenoxy) is 1. The summed E-state index contributed by atoms with van der Waals surface area (Å²) in [6.45, 7) is 1.96. The van der Waals surface area contributed by atoms with Crippen molar-refractivity contribution in [2.45, 2.75) is 12.5 Å². The number of fused-ring (bicyclic) bond motifs is 1. The molecule has 1 aromatic carbocycles. The van der Waals surface area contributed by atoms with Crippen molar-refractivity contribution in [2.75, 3.05) is 25.9 Å². The van der Waals surface area contributed by atoms with Crippen molar-refractivity contribution in [2.24, 2.45) is 0 Å². The number of likely N-dealkylation sites (tertiary alicyclic amines) is 1. The normalized spacial score (nSPS) is 20.4. The van der Waals surface area contributed by atoms with Crippen LogP contribution in [0.1, 0.15) is 6.42 Å². The zero-order valence-corrected chi connectivity index (χ0v) is 10.3. The van der Waals surface area contributed by atoms with Gasteiger partial charge in [-0.2, -0.15) is 9.97 Å². The Morgan fingerprint density at radius 2 is 2.17 bits per heavy atom. The molecule has 1 aromatic heterocycles. The van der Waals surface area contributed by atoms with Crippen LogP contribution in [0, 0.1) is 0 Å². The van der Waals surface area contributed by atoms with E-state index in [4.69, 9.17) is 10.5 Å². The molecule has 0 saturated carbocycles. The van der Waals surface area contributed by atoms with E-state index in [0.717, 1.165) is 30.4 Å². The van der Waals surface area contributed by atoms with E-state index in [9.17, 15) is 0 Å². The number of likely N-dealkylation sites (N-methyl/N-ethyl adjacent to an activating group) is 1. The first-order chi connectivity index (χ1) is 8.72. The highest BCUT2D eigenvalue weighted by Crippen LogP contribution is 2.21. The Balaban J connectivity index is 1.88. The molecule has 0 amide bonds. The molecule has 0 bridgehead atoms. The highest BCUT2D eigenvalue weighted by Gasteiger charge is 2.22. The third-order valence-electron chi connectivity index (χ3n) is 3.23. The monoisotopic (exact) mass is 244 g/mol. The summed E-state index contributed by atoms with van der Waals surface area (Å²) in [5, 5.41) is 0.869. The summed E-state index contributed by atoms with van der Waals surface area (Å²) in [5.74, 6) is 0.474. The molecule has 1 unspecified atom stereocenters. The van der Waals surface area contributed by atoms with Crippen LogP contribution in [0.25, 0.3) is 10.9 Å². The van der Waals surface area contributed by atoms with Crippen molar-refractivity contribution < 1.29 is 4.74 Å². The van der Waals surface area contributed by atoms with Gasteiger partial charge < -0.3 is 15.4 Å². The number of nitrogens with two attached hydrogens (primary N) is 1. The van der Waals surface area contributed by atoms with Crippen molar-refractivity contribution in [1.29, 1.82) is 0 Å². The second kappa shape index (κ2) is 4.42. The first kappa shape index (κ1) is 11.2. The fourth-order valence-electron chi connectivity index (χ4n) is 2.27. The molecule has 1 fully saturated rings. The zero-order valence-electron chi connectivity index (χ0n) is 10.3. The number of rotatable bonds is 2. The Bertz CT molecular complexity index is 572. The molecule has 18 heavy (non-hydrogen) atoms. The van der Waals surface area contributed by atoms with Crippen LogP contribution in [-0.4, -0.2) is 41.1 Å². The summed E-state index contributed by atoms with van der Waals surface area (Å²) in [5.41, 5.74) is 6.74. The minimum Gasteiger partial charge on any atom is -0.459 e. The van der Waals surface area contributed by atoms with E-state index >= 15 is 0 Å². The van der Waals surface area contributed by atoms with E-state index in [0.29, 0.717) is 11.8 Å². The molecule has 0 aliphatic carbocycles. The molecular formula is C13H16N4O. The molecule has 1 saturated heterocycles. The SMILES string of the molecule is CN1CCC(Oc2nc(N)c3ccccc3n2)C1. The number of aromatic nitrogens is 2. The lowest BCUT2D eigenvalue weighted by Gasteiger charge is -2.12. The smallest absolute Gasteiger partial charge is 0.319 e. The molecule has 0 radical (unpaired) electrons. The van der Waals surface area contributed by atoms with Gasteiger partial charge >= 0.3 is 6.01 Å². The van der Waals surface area contributed by atoms with Crippen molar-refractivity contribution in [3.05, 3.63) is 24.3 Å². The average molecular weight is 244 g/mol. The Morgan fingerprint density at radius 1 is 1.33 bits per heavy atom. The summed E-state index contributed by atoms with van der Waals surface area (Å²) in [6, 6.07) is 8.07. The third kappa shape index (κ3) is 2.09. The van der Waals surface area contributed by atoms with Gasteiger partial charge in [-0.25, -0.2) is 0 Å². The first-order valence-electron chi connectivity index (χ1n) is 6.10. The summed E-state index contributed by atoms with van der Waals surface area (Å²) in [4.78, 5) is 10.8. The van der Waals surface area contributed by atoms with Gasteiger partial charge in [-0.05, 0) is 25.6 Å². The maximum absolute atomic E-state index is 5.92. The maximum atomic E-state index is 5.92. The molecule has 94 valence electrons. The van der Waals surface area contributed by atoms with E-state index in [1.807, 2.05) is 24.3 Å². The highest BCUT2D eigenvalue weighted by molar-refractivity contribution is 5.88. The van der Waals surface area contributed by atoms with Gasteiger partial charge in [0, 0.05) is 18.5 Å². The standard InChI is InChI=1S/C13H16N4O/c1-17-7-6-9(8-17)18-13-15-11-5-3-2-4-10(11)12(14)16-13/h2-5,9H,6-8H2,1H3,(H2,14,15,16). The molecule has 1 aliphatic heterocycles. The molecule has 2 heterocycles. The number of benzene rings is 1. The van der Waals surface area contributed by atoms with E-state index in [1.165, 1.54) is 0 Å². The number of para-hydroxylation sites is 1. The van der Waals surface area contributed by atoms with Gasteiger partial charge in [-0.15, -0.1) is 0 Å². The molecule has 5 heteroatoms. The quantitative estimate of drug-likeness (QED) is 0.862. The van der Waals surface area contributed by atoms with Crippen LogP contribution in [0.2, 0.25) is 0 Å². The summed E-state index contributed by atoms with van der Waals surface area (Å²) in [6.07, 6.45) is 1.17. The average Bonchev–Trinajstić information content (AvgIpc) is 2.75. The van der Waals surface area contributed by atoms with Crippen LogP contribution in [0.5, 0.6) is 6.01 Å². The molecule has 1 aliphatic rings. The summed E-state index contributed by atoms with van der Waals surface area (Å²) in [7, 11) is 2.08. The predicted octanol–water partition coefficient (Wildman–Crippen LogP) is 1.29. The number of hydrogen-bond acceptors (Lipinski definition) is 5. The molecule has 3 rings (SSSR count). The van der Waals surface area contributed by atoms with Gasteiger partial charge in [0.05, 0.1) is 5.52 Å². The topological polar surface area (TPSA) is 64.3 Å². The van der Waals surface area contributed by atoms with Crippen LogP contribution < -0.4 is 10.5 Å². The second-order valence-corrected chi connectivity index (χ2v) is 4.70. The van der Waals surface area contributed by atoms with E-state index in [1.54, 1.807) is 0 Å². The van der Waals surface area contributed by atoms with Gasteiger partial charge in [0.25, 0.3) is 0 Å². The fraction of sp³-hybridized carbons (Fsp3) is 0.385. The Hall–Kier alpha value is -1.88. The molecule has 0 spiro atoms. The number of nitrogens with zero attached hydrogens (tertiary/aromatic N) is 3. The largest absolute Gasteiger partial charge is 0.459 e. The van der Waals surface area contributed by atoms with E-state index in [-0.39, 0.29) is 6.10 Å². The van der Waals surface area contributed by atoms with Gasteiger partial charge in [0.2, 0.25) is 0 Å². The van der Waals surface area contributed by atoms with Crippen molar-refractivity contribution in [1.82, 2.24) is 14.9 Å². The van der Waals surface area contributed by atoms with Crippen LogP contribution in [0.4, 0.5) is 5.82 Å². The predicted molar refractivity (Wildman–Crippen MR) is 70.5 cm³/mol. The second-order valence-electron chi connectivity index (χ2n) is 4.70. The van der Waals surface area contributed by atoms with Gasteiger partial charge in [0.1, 0.15) is 11.9 Å². The molecule has 2 N–H and O–H groups in total. The summed E-state index contributed by atoms with van der Waals surface area (Å²) >= 11 is 0. The Morgan fingerprint density at radius 3 is 2.94 bits per heavy atom. The van der Waals surface area contributed by atoms with Crippen molar-refractivity contribution in [3.63, 3.8) is 0 Å². The first-order valence-corrected chi connectivity index (χ1v) is 6.10. The minimum atomic E-state index is 0.163. The third-order valence-corrected chi connectivity index (χ3v) is 3.23. The maximum Gasteiger partial charge on any atom is 0.319 e. The lowest BCUT2D eigenvalue weighted by Crippen LogP contribution is -2.22. The molecule has 1 atom stereocenters. The number of anilines is 1. The summed E-state index contributed by atoms with van der Waals surface area (Å²) < 4.78 is 5.79. The number of nitrogen functional groups attached to an aromatic ring is 1. The van der Waals surface area contributed by atoms with Crippen LogP contribution in [0.15, 0.2) is 24.3 Å². The Kier molecular flexibility index (Phi) is 2.76. The van der Waals surface area contributed by atoms with Crippen LogP contribution >= 0.6 is 0 Å². The van der Waals surface area contributed by atoms with Crippen molar-refractivity contribution in [3.8, 4) is 6.01 Å². The van der Waals surface area contributed by atoms with Crippen molar-refractivity contribution >= 4 is 16.7 Å². The van der Waals surface area contributed by atoms with Gasteiger partial charge in [-0.1, -0.05) is 12.1 Å². The van der Waals surface area contributed by atoms with Gasteiger partial charge in [0.15, 0.2) is 0 Å². The van der Waals surface area contributed by atoms with Crippen LogP contribution in [0.3, 0.4) is 0 Å². The molecule has 5 nitrogen and oxygen atoms in total.